The Balaban J connectivity index is 2.87. The molecule has 1 aromatic carbocycles. The van der Waals surface area contributed by atoms with Gasteiger partial charge in [-0.2, -0.15) is 0 Å². The number of aryl methyl sites for hydroxylation is 1. The predicted octanol–water partition coefficient (Wildman–Crippen LogP) is 3.54. The Morgan fingerprint density at radius 1 is 1.35 bits per heavy atom. The van der Waals surface area contributed by atoms with E-state index in [2.05, 4.69) is 18.1 Å². The largest absolute Gasteiger partial charge is 0.497 e. The van der Waals surface area contributed by atoms with E-state index in [-0.39, 0.29) is 6.10 Å². The van der Waals surface area contributed by atoms with E-state index < -0.39 is 0 Å². The number of ether oxygens (including phenoxy) is 1. The first-order valence-corrected chi connectivity index (χ1v) is 5.93. The van der Waals surface area contributed by atoms with Crippen molar-refractivity contribution in [3.8, 4) is 5.75 Å². The zero-order valence-corrected chi connectivity index (χ0v) is 11.3. The van der Waals surface area contributed by atoms with Crippen molar-refractivity contribution in [2.24, 2.45) is 5.16 Å². The molecule has 0 saturated heterocycles. The van der Waals surface area contributed by atoms with Gasteiger partial charge in [0.05, 0.1) is 12.8 Å². The summed E-state index contributed by atoms with van der Waals surface area (Å²) in [5.41, 5.74) is 3.05. The first kappa shape index (κ1) is 13.6. The number of hydrogen-bond donors (Lipinski definition) is 0. The molecule has 1 atom stereocenters. The Morgan fingerprint density at radius 2 is 2.06 bits per heavy atom. The molecule has 0 aliphatic heterocycles. The lowest BCUT2D eigenvalue weighted by Gasteiger charge is -2.09. The molecule has 0 aliphatic rings. The van der Waals surface area contributed by atoms with Crippen molar-refractivity contribution in [1.82, 2.24) is 0 Å². The maximum Gasteiger partial charge on any atom is 0.124 e. The second kappa shape index (κ2) is 6.28. The van der Waals surface area contributed by atoms with Gasteiger partial charge >= 0.3 is 0 Å². The fraction of sp³-hybridized carbons (Fsp3) is 0.500. The Morgan fingerprint density at radius 3 is 2.65 bits per heavy atom. The quantitative estimate of drug-likeness (QED) is 0.577. The Kier molecular flexibility index (Phi) is 5.01. The molecule has 94 valence electrons. The molecule has 1 aromatic rings. The third-order valence-electron chi connectivity index (χ3n) is 2.65. The van der Waals surface area contributed by atoms with Crippen molar-refractivity contribution in [3.63, 3.8) is 0 Å². The van der Waals surface area contributed by atoms with E-state index in [1.165, 1.54) is 0 Å². The topological polar surface area (TPSA) is 30.8 Å². The second-order valence-electron chi connectivity index (χ2n) is 4.24. The summed E-state index contributed by atoms with van der Waals surface area (Å²) in [5, 5.41) is 4.14. The van der Waals surface area contributed by atoms with Crippen molar-refractivity contribution < 1.29 is 9.57 Å². The van der Waals surface area contributed by atoms with Crippen LogP contribution < -0.4 is 4.74 Å². The van der Waals surface area contributed by atoms with Crippen LogP contribution in [0.1, 0.15) is 38.3 Å². The van der Waals surface area contributed by atoms with Gasteiger partial charge in [-0.1, -0.05) is 12.1 Å². The van der Waals surface area contributed by atoms with E-state index in [0.29, 0.717) is 0 Å². The molecule has 3 heteroatoms. The Bertz CT molecular complexity index is 399. The molecule has 1 rings (SSSR count). The van der Waals surface area contributed by atoms with Crippen LogP contribution in [-0.2, 0) is 4.84 Å². The van der Waals surface area contributed by atoms with Gasteiger partial charge in [-0.05, 0) is 51.0 Å². The number of benzene rings is 1. The summed E-state index contributed by atoms with van der Waals surface area (Å²) in [6.07, 6.45) is 1.10. The Labute approximate surface area is 103 Å². The van der Waals surface area contributed by atoms with Crippen LogP contribution >= 0.6 is 0 Å². The molecule has 0 bridgehead atoms. The number of methoxy groups -OCH3 is 1. The molecule has 0 radical (unpaired) electrons. The first-order valence-electron chi connectivity index (χ1n) is 5.93. The van der Waals surface area contributed by atoms with Gasteiger partial charge in [0.1, 0.15) is 11.9 Å². The van der Waals surface area contributed by atoms with Gasteiger partial charge in [-0.3, -0.25) is 0 Å². The molecule has 0 fully saturated rings. The van der Waals surface area contributed by atoms with Crippen LogP contribution in [0.4, 0.5) is 0 Å². The lowest BCUT2D eigenvalue weighted by atomic mass is 10.1. The minimum absolute atomic E-state index is 0.150. The van der Waals surface area contributed by atoms with Crippen LogP contribution in [0.2, 0.25) is 0 Å². The van der Waals surface area contributed by atoms with Crippen molar-refractivity contribution in [2.45, 2.75) is 40.2 Å². The normalized spacial score (nSPS) is 13.4. The highest BCUT2D eigenvalue weighted by atomic mass is 16.6. The molecule has 0 spiro atoms. The summed E-state index contributed by atoms with van der Waals surface area (Å²) in [5.74, 6) is 0.845. The molecule has 0 N–H and O–H groups in total. The van der Waals surface area contributed by atoms with Crippen molar-refractivity contribution in [3.05, 3.63) is 29.3 Å². The van der Waals surface area contributed by atoms with Gasteiger partial charge < -0.3 is 9.57 Å². The fourth-order valence-electron chi connectivity index (χ4n) is 1.37. The first-order chi connectivity index (χ1) is 8.06. The van der Waals surface area contributed by atoms with Crippen molar-refractivity contribution in [1.29, 1.82) is 0 Å². The van der Waals surface area contributed by atoms with E-state index >= 15 is 0 Å². The summed E-state index contributed by atoms with van der Waals surface area (Å²) in [4.78, 5) is 5.37. The van der Waals surface area contributed by atoms with Crippen LogP contribution in [0.3, 0.4) is 0 Å². The SMILES string of the molecule is CCC(C)O/N=C(\C)c1cc(C)cc(OC)c1. The summed E-state index contributed by atoms with van der Waals surface area (Å²) in [6, 6.07) is 6.03. The zero-order valence-electron chi connectivity index (χ0n) is 11.3. The van der Waals surface area contributed by atoms with E-state index in [9.17, 15) is 0 Å². The number of nitrogens with zero attached hydrogens (tertiary/aromatic N) is 1. The molecule has 3 nitrogen and oxygen atoms in total. The molecule has 0 amide bonds. The van der Waals surface area contributed by atoms with Gasteiger partial charge in [0.25, 0.3) is 0 Å². The number of rotatable bonds is 5. The minimum atomic E-state index is 0.150. The van der Waals surface area contributed by atoms with E-state index in [1.54, 1.807) is 7.11 Å². The fourth-order valence-corrected chi connectivity index (χ4v) is 1.37. The van der Waals surface area contributed by atoms with Crippen molar-refractivity contribution >= 4 is 5.71 Å². The van der Waals surface area contributed by atoms with Crippen LogP contribution in [-0.4, -0.2) is 18.9 Å². The van der Waals surface area contributed by atoms with Gasteiger partial charge in [-0.15, -0.1) is 0 Å². The molecule has 17 heavy (non-hydrogen) atoms. The molecule has 1 unspecified atom stereocenters. The maximum atomic E-state index is 5.37. The Hall–Kier alpha value is -1.51. The monoisotopic (exact) mass is 235 g/mol. The van der Waals surface area contributed by atoms with Crippen LogP contribution in [0.5, 0.6) is 5.75 Å². The standard InChI is InChI=1S/C14H21NO2/c1-6-11(3)17-15-12(4)13-7-10(2)8-14(9-13)16-5/h7-9,11H,6H2,1-5H3/b15-12+. The average Bonchev–Trinajstić information content (AvgIpc) is 2.34. The summed E-state index contributed by atoms with van der Waals surface area (Å²) < 4.78 is 5.24. The van der Waals surface area contributed by atoms with Gasteiger partial charge in [0.2, 0.25) is 0 Å². The molecular weight excluding hydrogens is 214 g/mol. The summed E-state index contributed by atoms with van der Waals surface area (Å²) in [7, 11) is 1.67. The summed E-state index contributed by atoms with van der Waals surface area (Å²) >= 11 is 0. The highest BCUT2D eigenvalue weighted by Crippen LogP contribution is 2.17. The van der Waals surface area contributed by atoms with E-state index in [1.807, 2.05) is 32.9 Å². The van der Waals surface area contributed by atoms with Gasteiger partial charge in [0, 0.05) is 5.56 Å². The lowest BCUT2D eigenvalue weighted by molar-refractivity contribution is 0.0699. The average molecular weight is 235 g/mol. The smallest absolute Gasteiger partial charge is 0.124 e. The highest BCUT2D eigenvalue weighted by Gasteiger charge is 2.04. The maximum absolute atomic E-state index is 5.37. The van der Waals surface area contributed by atoms with Gasteiger partial charge in [0.15, 0.2) is 0 Å². The molecule has 0 aromatic heterocycles. The zero-order chi connectivity index (χ0) is 12.8. The van der Waals surface area contributed by atoms with Crippen molar-refractivity contribution in [2.75, 3.05) is 7.11 Å². The third-order valence-corrected chi connectivity index (χ3v) is 2.65. The molecular formula is C14H21NO2. The third kappa shape index (κ3) is 4.10. The van der Waals surface area contributed by atoms with Crippen LogP contribution in [0.25, 0.3) is 0 Å². The minimum Gasteiger partial charge on any atom is -0.497 e. The number of hydrogen-bond acceptors (Lipinski definition) is 3. The van der Waals surface area contributed by atoms with Gasteiger partial charge in [-0.25, -0.2) is 0 Å². The van der Waals surface area contributed by atoms with Crippen LogP contribution in [0.15, 0.2) is 23.4 Å². The molecule has 0 saturated carbocycles. The van der Waals surface area contributed by atoms with E-state index in [0.717, 1.165) is 29.0 Å². The van der Waals surface area contributed by atoms with Crippen LogP contribution in [0, 0.1) is 6.92 Å². The number of oxime groups is 1. The van der Waals surface area contributed by atoms with E-state index in [4.69, 9.17) is 9.57 Å². The second-order valence-corrected chi connectivity index (χ2v) is 4.24. The molecule has 0 heterocycles. The predicted molar refractivity (Wildman–Crippen MR) is 70.8 cm³/mol. The summed E-state index contributed by atoms with van der Waals surface area (Å²) in [6.45, 7) is 8.06. The lowest BCUT2D eigenvalue weighted by Crippen LogP contribution is -2.05. The molecule has 0 aliphatic carbocycles. The highest BCUT2D eigenvalue weighted by molar-refractivity contribution is 5.98.